The van der Waals surface area contributed by atoms with Crippen molar-refractivity contribution < 1.29 is 9.53 Å². The van der Waals surface area contributed by atoms with E-state index in [1.165, 1.54) is 24.8 Å². The van der Waals surface area contributed by atoms with Crippen LogP contribution < -0.4 is 15.8 Å². The zero-order valence-electron chi connectivity index (χ0n) is 16.8. The van der Waals surface area contributed by atoms with Crippen molar-refractivity contribution in [1.29, 1.82) is 0 Å². The first kappa shape index (κ1) is 20.2. The van der Waals surface area contributed by atoms with E-state index in [-0.39, 0.29) is 11.8 Å². The molecule has 2 aliphatic rings. The summed E-state index contributed by atoms with van der Waals surface area (Å²) >= 11 is 0. The van der Waals surface area contributed by atoms with E-state index in [1.807, 2.05) is 26.2 Å². The van der Waals surface area contributed by atoms with Crippen molar-refractivity contribution >= 4 is 5.91 Å². The van der Waals surface area contributed by atoms with Crippen molar-refractivity contribution in [3.63, 3.8) is 0 Å². The van der Waals surface area contributed by atoms with Gasteiger partial charge in [-0.3, -0.25) is 4.79 Å². The van der Waals surface area contributed by atoms with E-state index in [0.717, 1.165) is 31.6 Å². The van der Waals surface area contributed by atoms with Gasteiger partial charge in [-0.25, -0.2) is 0 Å². The van der Waals surface area contributed by atoms with Crippen LogP contribution in [0.2, 0.25) is 0 Å². The first-order chi connectivity index (χ1) is 13.0. The molecule has 0 aliphatic heterocycles. The highest BCUT2D eigenvalue weighted by molar-refractivity contribution is 5.78. The predicted octanol–water partition coefficient (Wildman–Crippen LogP) is 2.44. The van der Waals surface area contributed by atoms with Crippen LogP contribution in [-0.2, 0) is 11.2 Å². The highest BCUT2D eigenvalue weighted by atomic mass is 16.5. The van der Waals surface area contributed by atoms with Gasteiger partial charge in [0.05, 0.1) is 0 Å². The number of nitrogens with two attached hydrogens (primary N) is 1. The topological polar surface area (TPSA) is 67.6 Å². The molecular formula is C22H35N3O2. The van der Waals surface area contributed by atoms with Gasteiger partial charge >= 0.3 is 0 Å². The third-order valence-corrected chi connectivity index (χ3v) is 6.23. The van der Waals surface area contributed by atoms with Crippen molar-refractivity contribution in [2.75, 3.05) is 33.8 Å². The number of likely N-dealkylation sites (N-methyl/N-ethyl adjacent to an activating group) is 1. The van der Waals surface area contributed by atoms with Gasteiger partial charge in [0.15, 0.2) is 0 Å². The van der Waals surface area contributed by atoms with Gasteiger partial charge in [0, 0.05) is 25.0 Å². The number of ether oxygens (including phenoxy) is 1. The second-order valence-electron chi connectivity index (χ2n) is 8.53. The number of hydrogen-bond acceptors (Lipinski definition) is 4. The Kier molecular flexibility index (Phi) is 7.13. The lowest BCUT2D eigenvalue weighted by Crippen LogP contribution is -2.49. The molecule has 0 spiro atoms. The second-order valence-corrected chi connectivity index (χ2v) is 8.53. The summed E-state index contributed by atoms with van der Waals surface area (Å²) in [5.41, 5.74) is 7.56. The van der Waals surface area contributed by atoms with Crippen molar-refractivity contribution in [2.24, 2.45) is 23.5 Å². The Labute approximate surface area is 163 Å². The minimum Gasteiger partial charge on any atom is -0.492 e. The molecule has 2 atom stereocenters. The highest BCUT2D eigenvalue weighted by Gasteiger charge is 2.40. The predicted molar refractivity (Wildman–Crippen MR) is 109 cm³/mol. The zero-order chi connectivity index (χ0) is 19.2. The minimum absolute atomic E-state index is 0.160. The normalized spacial score (nSPS) is 27.4. The fraction of sp³-hybridized carbons (Fsp3) is 0.682. The Morgan fingerprint density at radius 3 is 2.48 bits per heavy atom. The largest absolute Gasteiger partial charge is 0.492 e. The first-order valence-electron chi connectivity index (χ1n) is 10.4. The van der Waals surface area contributed by atoms with Crippen molar-refractivity contribution in [3.8, 4) is 5.75 Å². The quantitative estimate of drug-likeness (QED) is 0.734. The summed E-state index contributed by atoms with van der Waals surface area (Å²) < 4.78 is 5.72. The first-order valence-corrected chi connectivity index (χ1v) is 10.4. The standard InChI is InChI=1S/C22H35N3O2/c1-25(2)12-13-27-20-8-6-16(7-9-20)10-11-24-22(26)19-14-17-4-3-5-18(15-19)21(17)23/h6-9,17-19,21H,3-5,10-15,23H2,1-2H3,(H,24,26). The van der Waals surface area contributed by atoms with Crippen molar-refractivity contribution in [1.82, 2.24) is 10.2 Å². The van der Waals surface area contributed by atoms with Gasteiger partial charge in [-0.15, -0.1) is 0 Å². The van der Waals surface area contributed by atoms with E-state index in [0.29, 0.717) is 31.0 Å². The smallest absolute Gasteiger partial charge is 0.223 e. The maximum atomic E-state index is 12.6. The zero-order valence-corrected chi connectivity index (χ0v) is 16.8. The molecule has 5 heteroatoms. The fourth-order valence-corrected chi connectivity index (χ4v) is 4.58. The number of amides is 1. The molecule has 3 rings (SSSR count). The van der Waals surface area contributed by atoms with Crippen LogP contribution in [0, 0.1) is 17.8 Å². The molecule has 1 aromatic rings. The highest BCUT2D eigenvalue weighted by Crippen LogP contribution is 2.41. The molecule has 0 aromatic heterocycles. The van der Waals surface area contributed by atoms with Gasteiger partial charge < -0.3 is 20.7 Å². The number of fused-ring (bicyclic) bond motifs is 2. The van der Waals surface area contributed by atoms with E-state index < -0.39 is 0 Å². The molecule has 150 valence electrons. The number of nitrogens with zero attached hydrogens (tertiary/aromatic N) is 1. The molecule has 3 N–H and O–H groups in total. The van der Waals surface area contributed by atoms with Gasteiger partial charge in [0.2, 0.25) is 5.91 Å². The molecule has 2 saturated carbocycles. The van der Waals surface area contributed by atoms with Crippen molar-refractivity contribution in [2.45, 2.75) is 44.6 Å². The molecular weight excluding hydrogens is 338 g/mol. The lowest BCUT2D eigenvalue weighted by atomic mass is 9.65. The van der Waals surface area contributed by atoms with Gasteiger partial charge in [-0.05, 0) is 75.7 Å². The third kappa shape index (κ3) is 5.69. The van der Waals surface area contributed by atoms with Crippen LogP contribution in [0.15, 0.2) is 24.3 Å². The van der Waals surface area contributed by atoms with E-state index in [1.54, 1.807) is 0 Å². The van der Waals surface area contributed by atoms with Crippen LogP contribution in [0.1, 0.15) is 37.7 Å². The van der Waals surface area contributed by atoms with E-state index in [9.17, 15) is 4.79 Å². The Balaban J connectivity index is 1.38. The number of benzene rings is 1. The molecule has 1 amide bonds. The lowest BCUT2D eigenvalue weighted by Gasteiger charge is -2.43. The number of carbonyl (C=O) groups excluding carboxylic acids is 1. The van der Waals surface area contributed by atoms with Crippen LogP contribution in [0.4, 0.5) is 0 Å². The summed E-state index contributed by atoms with van der Waals surface area (Å²) in [6, 6.07) is 8.51. The minimum atomic E-state index is 0.160. The van der Waals surface area contributed by atoms with Crippen LogP contribution >= 0.6 is 0 Å². The SMILES string of the molecule is CN(C)CCOc1ccc(CCNC(=O)C2CC3CCCC(C2)C3N)cc1. The van der Waals surface area contributed by atoms with Crippen LogP contribution in [0.25, 0.3) is 0 Å². The van der Waals surface area contributed by atoms with Crippen LogP contribution in [-0.4, -0.2) is 50.6 Å². The number of hydrogen-bond donors (Lipinski definition) is 2. The van der Waals surface area contributed by atoms with Gasteiger partial charge in [-0.2, -0.15) is 0 Å². The Morgan fingerprint density at radius 1 is 1.19 bits per heavy atom. The summed E-state index contributed by atoms with van der Waals surface area (Å²) in [5.74, 6) is 2.38. The summed E-state index contributed by atoms with van der Waals surface area (Å²) in [7, 11) is 4.07. The molecule has 2 fully saturated rings. The third-order valence-electron chi connectivity index (χ3n) is 6.23. The molecule has 2 aliphatic carbocycles. The maximum Gasteiger partial charge on any atom is 0.223 e. The molecule has 0 heterocycles. The number of rotatable bonds is 8. The van der Waals surface area contributed by atoms with E-state index >= 15 is 0 Å². The molecule has 1 aromatic carbocycles. The molecule has 27 heavy (non-hydrogen) atoms. The second kappa shape index (κ2) is 9.56. The van der Waals surface area contributed by atoms with E-state index in [4.69, 9.17) is 10.5 Å². The summed E-state index contributed by atoms with van der Waals surface area (Å²) in [6.45, 7) is 2.29. The average Bonchev–Trinajstić information content (AvgIpc) is 2.62. The lowest BCUT2D eigenvalue weighted by molar-refractivity contribution is -0.127. The molecule has 0 radical (unpaired) electrons. The summed E-state index contributed by atoms with van der Waals surface area (Å²) in [5, 5.41) is 3.15. The Bertz CT molecular complexity index is 588. The van der Waals surface area contributed by atoms with Gasteiger partial charge in [0.25, 0.3) is 0 Å². The number of carbonyl (C=O) groups is 1. The summed E-state index contributed by atoms with van der Waals surface area (Å²) in [6.07, 6.45) is 6.48. The maximum absolute atomic E-state index is 12.6. The Morgan fingerprint density at radius 2 is 1.85 bits per heavy atom. The monoisotopic (exact) mass is 373 g/mol. The van der Waals surface area contributed by atoms with Crippen LogP contribution in [0.3, 0.4) is 0 Å². The van der Waals surface area contributed by atoms with Gasteiger partial charge in [-0.1, -0.05) is 18.6 Å². The summed E-state index contributed by atoms with van der Waals surface area (Å²) in [4.78, 5) is 14.7. The Hall–Kier alpha value is -1.59. The molecule has 5 nitrogen and oxygen atoms in total. The van der Waals surface area contributed by atoms with Crippen LogP contribution in [0.5, 0.6) is 5.75 Å². The number of nitrogens with one attached hydrogen (secondary N) is 1. The molecule has 2 bridgehead atoms. The fourth-order valence-electron chi connectivity index (χ4n) is 4.58. The van der Waals surface area contributed by atoms with Crippen molar-refractivity contribution in [3.05, 3.63) is 29.8 Å². The van der Waals surface area contributed by atoms with Gasteiger partial charge in [0.1, 0.15) is 12.4 Å². The molecule has 0 saturated heterocycles. The van der Waals surface area contributed by atoms with E-state index in [2.05, 4.69) is 22.3 Å². The molecule has 2 unspecified atom stereocenters. The average molecular weight is 374 g/mol.